The van der Waals surface area contributed by atoms with Gasteiger partial charge in [-0.15, -0.1) is 11.3 Å². The molecule has 1 fully saturated rings. The van der Waals surface area contributed by atoms with E-state index in [0.29, 0.717) is 5.78 Å². The van der Waals surface area contributed by atoms with Crippen molar-refractivity contribution in [3.8, 4) is 0 Å². The molecule has 1 aliphatic rings. The zero-order chi connectivity index (χ0) is 10.3. The maximum atomic E-state index is 11.4. The monoisotopic (exact) mass is 209 g/mol. The normalized spacial score (nSPS) is 18.2. The molecule has 0 unspecified atom stereocenters. The number of nitrogens with zero attached hydrogens (tertiary/aromatic N) is 1. The van der Waals surface area contributed by atoms with Crippen LogP contribution in [-0.4, -0.2) is 10.8 Å². The summed E-state index contributed by atoms with van der Waals surface area (Å²) in [6, 6.07) is 0. The molecule has 1 aromatic rings. The van der Waals surface area contributed by atoms with E-state index in [9.17, 15) is 4.79 Å². The molecular weight excluding hydrogens is 194 g/mol. The number of thiazole rings is 1. The highest BCUT2D eigenvalue weighted by Gasteiger charge is 2.47. The van der Waals surface area contributed by atoms with Gasteiger partial charge in [0.2, 0.25) is 0 Å². The van der Waals surface area contributed by atoms with E-state index in [2.05, 4.69) is 11.9 Å². The van der Waals surface area contributed by atoms with Gasteiger partial charge in [-0.2, -0.15) is 0 Å². The second kappa shape index (κ2) is 3.16. The summed E-state index contributed by atoms with van der Waals surface area (Å²) >= 11 is 1.74. The number of carbonyl (C=O) groups is 1. The highest BCUT2D eigenvalue weighted by atomic mass is 32.1. The summed E-state index contributed by atoms with van der Waals surface area (Å²) < 4.78 is 0. The van der Waals surface area contributed by atoms with Crippen LogP contribution < -0.4 is 0 Å². The minimum Gasteiger partial charge on any atom is -0.299 e. The van der Waals surface area contributed by atoms with E-state index in [1.807, 2.05) is 6.92 Å². The van der Waals surface area contributed by atoms with Crippen molar-refractivity contribution in [2.75, 3.05) is 0 Å². The van der Waals surface area contributed by atoms with Gasteiger partial charge in [0.25, 0.3) is 0 Å². The van der Waals surface area contributed by atoms with Gasteiger partial charge in [-0.25, -0.2) is 4.98 Å². The Bertz CT molecular complexity index is 357. The van der Waals surface area contributed by atoms with Crippen molar-refractivity contribution in [2.24, 2.45) is 5.41 Å². The van der Waals surface area contributed by atoms with E-state index in [1.165, 1.54) is 4.88 Å². The first kappa shape index (κ1) is 9.84. The molecule has 0 saturated heterocycles. The first-order valence-electron chi connectivity index (χ1n) is 4.97. The lowest BCUT2D eigenvalue weighted by Crippen LogP contribution is -2.14. The minimum atomic E-state index is -0.0310. The summed E-state index contributed by atoms with van der Waals surface area (Å²) in [7, 11) is 0. The molecule has 2 nitrogen and oxygen atoms in total. The molecule has 0 N–H and O–H groups in total. The summed E-state index contributed by atoms with van der Waals surface area (Å²) in [5.41, 5.74) is 1.08. The number of ketones is 1. The van der Waals surface area contributed by atoms with Crippen LogP contribution in [0.15, 0.2) is 0 Å². The standard InChI is InChI=1S/C11H15NOS/c1-7-8(2)14-10(12-7)6-11(4-5-11)9(3)13/h4-6H2,1-3H3. The van der Waals surface area contributed by atoms with Crippen LogP contribution in [-0.2, 0) is 11.2 Å². The van der Waals surface area contributed by atoms with Crippen molar-refractivity contribution in [3.05, 3.63) is 15.6 Å². The van der Waals surface area contributed by atoms with Gasteiger partial charge >= 0.3 is 0 Å². The van der Waals surface area contributed by atoms with Crippen LogP contribution in [0.2, 0.25) is 0 Å². The third-order valence-electron chi connectivity index (χ3n) is 3.16. The van der Waals surface area contributed by atoms with E-state index in [1.54, 1.807) is 18.3 Å². The number of hydrogen-bond acceptors (Lipinski definition) is 3. The molecule has 2 rings (SSSR count). The van der Waals surface area contributed by atoms with Gasteiger partial charge in [0, 0.05) is 16.7 Å². The lowest BCUT2D eigenvalue weighted by atomic mass is 9.98. The molecule has 3 heteroatoms. The van der Waals surface area contributed by atoms with E-state index in [-0.39, 0.29) is 5.41 Å². The smallest absolute Gasteiger partial charge is 0.136 e. The Labute approximate surface area is 88.4 Å². The summed E-state index contributed by atoms with van der Waals surface area (Å²) in [6.07, 6.45) is 2.97. The minimum absolute atomic E-state index is 0.0310. The third-order valence-corrected chi connectivity index (χ3v) is 4.24. The molecule has 0 spiro atoms. The van der Waals surface area contributed by atoms with E-state index < -0.39 is 0 Å². The lowest BCUT2D eigenvalue weighted by Gasteiger charge is -2.07. The number of carbonyl (C=O) groups excluding carboxylic acids is 1. The average Bonchev–Trinajstić information content (AvgIpc) is 2.78. The maximum absolute atomic E-state index is 11.4. The fourth-order valence-corrected chi connectivity index (χ4v) is 2.79. The van der Waals surface area contributed by atoms with E-state index >= 15 is 0 Å². The predicted octanol–water partition coefficient (Wildman–Crippen LogP) is 2.67. The Balaban J connectivity index is 2.15. The summed E-state index contributed by atoms with van der Waals surface area (Å²) in [5.74, 6) is 0.336. The topological polar surface area (TPSA) is 30.0 Å². The SMILES string of the molecule is CC(=O)C1(Cc2nc(C)c(C)s2)CC1. The first-order valence-corrected chi connectivity index (χ1v) is 5.79. The van der Waals surface area contributed by atoms with Crippen LogP contribution >= 0.6 is 11.3 Å². The molecule has 0 radical (unpaired) electrons. The predicted molar refractivity (Wildman–Crippen MR) is 57.6 cm³/mol. The van der Waals surface area contributed by atoms with Gasteiger partial charge in [0.05, 0.1) is 10.7 Å². The van der Waals surface area contributed by atoms with Crippen molar-refractivity contribution in [2.45, 2.75) is 40.0 Å². The molecule has 76 valence electrons. The molecule has 0 aromatic carbocycles. The Morgan fingerprint density at radius 2 is 2.14 bits per heavy atom. The van der Waals surface area contributed by atoms with E-state index in [0.717, 1.165) is 30.0 Å². The molecule has 0 atom stereocenters. The van der Waals surface area contributed by atoms with Gasteiger partial charge < -0.3 is 0 Å². The number of rotatable bonds is 3. The number of Topliss-reactive ketones (excluding diaryl/α,β-unsaturated/α-hetero) is 1. The third kappa shape index (κ3) is 1.61. The highest BCUT2D eigenvalue weighted by Crippen LogP contribution is 2.49. The van der Waals surface area contributed by atoms with Crippen molar-refractivity contribution in [1.82, 2.24) is 4.98 Å². The highest BCUT2D eigenvalue weighted by molar-refractivity contribution is 7.11. The van der Waals surface area contributed by atoms with Crippen LogP contribution in [0.25, 0.3) is 0 Å². The fraction of sp³-hybridized carbons (Fsp3) is 0.636. The summed E-state index contributed by atoms with van der Waals surface area (Å²) in [4.78, 5) is 17.2. The Morgan fingerprint density at radius 3 is 2.50 bits per heavy atom. The van der Waals surface area contributed by atoms with Gasteiger partial charge in [-0.1, -0.05) is 0 Å². The average molecular weight is 209 g/mol. The van der Waals surface area contributed by atoms with Crippen LogP contribution in [0.4, 0.5) is 0 Å². The lowest BCUT2D eigenvalue weighted by molar-refractivity contribution is -0.121. The molecule has 0 amide bonds. The molecule has 0 bridgehead atoms. The summed E-state index contributed by atoms with van der Waals surface area (Å²) in [5, 5.41) is 1.13. The van der Waals surface area contributed by atoms with Crippen LogP contribution in [0.1, 0.15) is 35.3 Å². The van der Waals surface area contributed by atoms with Crippen molar-refractivity contribution >= 4 is 17.1 Å². The van der Waals surface area contributed by atoms with Crippen LogP contribution in [0, 0.1) is 19.3 Å². The first-order chi connectivity index (χ1) is 6.53. The number of hydrogen-bond donors (Lipinski definition) is 0. The zero-order valence-corrected chi connectivity index (χ0v) is 9.70. The van der Waals surface area contributed by atoms with Gasteiger partial charge in [-0.3, -0.25) is 4.79 Å². The van der Waals surface area contributed by atoms with Crippen LogP contribution in [0.3, 0.4) is 0 Å². The zero-order valence-electron chi connectivity index (χ0n) is 8.89. The van der Waals surface area contributed by atoms with Crippen molar-refractivity contribution < 1.29 is 4.79 Å². The quantitative estimate of drug-likeness (QED) is 0.766. The largest absolute Gasteiger partial charge is 0.299 e. The van der Waals surface area contributed by atoms with Crippen molar-refractivity contribution in [1.29, 1.82) is 0 Å². The fourth-order valence-electron chi connectivity index (χ4n) is 1.71. The Morgan fingerprint density at radius 1 is 1.50 bits per heavy atom. The second-order valence-corrected chi connectivity index (χ2v) is 5.55. The van der Waals surface area contributed by atoms with Crippen molar-refractivity contribution in [3.63, 3.8) is 0 Å². The van der Waals surface area contributed by atoms with E-state index in [4.69, 9.17) is 0 Å². The molecule has 0 aliphatic heterocycles. The Hall–Kier alpha value is -0.700. The molecule has 1 aliphatic carbocycles. The summed E-state index contributed by atoms with van der Waals surface area (Å²) in [6.45, 7) is 5.83. The molecule has 1 heterocycles. The van der Waals surface area contributed by atoms with Gasteiger partial charge in [0.15, 0.2) is 0 Å². The van der Waals surface area contributed by atoms with Crippen LogP contribution in [0.5, 0.6) is 0 Å². The molecule has 1 aromatic heterocycles. The second-order valence-electron chi connectivity index (χ2n) is 4.26. The van der Waals surface area contributed by atoms with Gasteiger partial charge in [0.1, 0.15) is 5.78 Å². The molecular formula is C11H15NOS. The molecule has 1 saturated carbocycles. The molecule has 14 heavy (non-hydrogen) atoms. The Kier molecular flexibility index (Phi) is 2.22. The van der Waals surface area contributed by atoms with Gasteiger partial charge in [-0.05, 0) is 33.6 Å². The maximum Gasteiger partial charge on any atom is 0.136 e. The number of aryl methyl sites for hydroxylation is 2. The number of aromatic nitrogens is 1.